The van der Waals surface area contributed by atoms with Gasteiger partial charge in [-0.15, -0.1) is 0 Å². The summed E-state index contributed by atoms with van der Waals surface area (Å²) in [5.41, 5.74) is 1.92. The van der Waals surface area contributed by atoms with Crippen LogP contribution in [0.2, 0.25) is 0 Å². The molecule has 32 heavy (non-hydrogen) atoms. The summed E-state index contributed by atoms with van der Waals surface area (Å²) in [6.07, 6.45) is 2.28. The molecule has 0 bridgehead atoms. The molecule has 5 heterocycles. The summed E-state index contributed by atoms with van der Waals surface area (Å²) in [6, 6.07) is 5.08. The average molecular weight is 440 g/mol. The van der Waals surface area contributed by atoms with Crippen LogP contribution < -0.4 is 0 Å². The highest BCUT2D eigenvalue weighted by molar-refractivity contribution is 6.04. The van der Waals surface area contributed by atoms with Crippen molar-refractivity contribution in [2.75, 3.05) is 26.2 Å². The van der Waals surface area contributed by atoms with Gasteiger partial charge in [0, 0.05) is 31.9 Å². The molecular formula is C23H29N5O4. The van der Waals surface area contributed by atoms with Gasteiger partial charge in [0.25, 0.3) is 11.8 Å². The first kappa shape index (κ1) is 20.8. The van der Waals surface area contributed by atoms with E-state index in [0.717, 1.165) is 24.2 Å². The SMILES string of the molecule is CCN1C(=O)C2CC3(CCN(C(=O)c4ccc(Cn5nc(C)cc5C)o4)CC3)CN2C1=O. The van der Waals surface area contributed by atoms with Crippen LogP contribution in [0.1, 0.15) is 53.9 Å². The van der Waals surface area contributed by atoms with Crippen LogP contribution in [-0.2, 0) is 11.3 Å². The number of carbonyl (C=O) groups is 3. The molecule has 3 fully saturated rings. The minimum absolute atomic E-state index is 0.0707. The third kappa shape index (κ3) is 3.30. The normalized spacial score (nSPS) is 22.3. The van der Waals surface area contributed by atoms with Crippen molar-refractivity contribution in [3.05, 3.63) is 41.1 Å². The predicted octanol–water partition coefficient (Wildman–Crippen LogP) is 2.42. The van der Waals surface area contributed by atoms with E-state index in [9.17, 15) is 14.4 Å². The van der Waals surface area contributed by atoms with E-state index in [2.05, 4.69) is 5.10 Å². The van der Waals surface area contributed by atoms with Crippen molar-refractivity contribution < 1.29 is 18.8 Å². The molecule has 3 aliphatic heterocycles. The standard InChI is InChI=1S/C23H29N5O4/c1-4-26-20(29)18-12-23(14-27(18)22(26)31)7-9-25(10-8-23)21(30)19-6-5-17(32-19)13-28-16(3)11-15(2)24-28/h5-6,11,18H,4,7-10,12-14H2,1-3H3. The number of likely N-dealkylation sites (tertiary alicyclic amines) is 1. The van der Waals surface area contributed by atoms with E-state index in [1.165, 1.54) is 4.90 Å². The Bertz CT molecular complexity index is 1050. The van der Waals surface area contributed by atoms with Gasteiger partial charge in [-0.2, -0.15) is 5.10 Å². The first-order valence-corrected chi connectivity index (χ1v) is 11.3. The number of amides is 4. The second kappa shape index (κ2) is 7.50. The Morgan fingerprint density at radius 3 is 2.59 bits per heavy atom. The lowest BCUT2D eigenvalue weighted by atomic mass is 9.76. The number of hydrogen-bond donors (Lipinski definition) is 0. The Kier molecular flexibility index (Phi) is 4.87. The third-order valence-electron chi connectivity index (χ3n) is 7.24. The van der Waals surface area contributed by atoms with Crippen molar-refractivity contribution in [2.24, 2.45) is 5.41 Å². The molecule has 0 aliphatic carbocycles. The monoisotopic (exact) mass is 439 g/mol. The molecule has 2 aromatic heterocycles. The summed E-state index contributed by atoms with van der Waals surface area (Å²) in [5, 5.41) is 4.44. The Balaban J connectivity index is 1.21. The minimum Gasteiger partial charge on any atom is -0.454 e. The molecule has 0 radical (unpaired) electrons. The largest absolute Gasteiger partial charge is 0.454 e. The minimum atomic E-state index is -0.327. The van der Waals surface area contributed by atoms with Gasteiger partial charge >= 0.3 is 6.03 Å². The van der Waals surface area contributed by atoms with E-state index in [4.69, 9.17) is 4.42 Å². The van der Waals surface area contributed by atoms with Crippen molar-refractivity contribution in [1.29, 1.82) is 0 Å². The molecule has 3 aliphatic rings. The first-order chi connectivity index (χ1) is 15.3. The second-order valence-corrected chi connectivity index (χ2v) is 9.36. The number of fused-ring (bicyclic) bond motifs is 1. The maximum atomic E-state index is 13.0. The summed E-state index contributed by atoms with van der Waals surface area (Å²) in [6.45, 7) is 8.49. The van der Waals surface area contributed by atoms with E-state index in [-0.39, 0.29) is 29.3 Å². The van der Waals surface area contributed by atoms with Crippen LogP contribution in [0.3, 0.4) is 0 Å². The van der Waals surface area contributed by atoms with E-state index >= 15 is 0 Å². The number of piperidine rings is 1. The molecule has 1 atom stereocenters. The van der Waals surface area contributed by atoms with Crippen LogP contribution in [0.5, 0.6) is 0 Å². The summed E-state index contributed by atoms with van der Waals surface area (Å²) in [4.78, 5) is 43.0. The van der Waals surface area contributed by atoms with Crippen molar-refractivity contribution in [3.63, 3.8) is 0 Å². The smallest absolute Gasteiger partial charge is 0.327 e. The van der Waals surface area contributed by atoms with Crippen LogP contribution in [0.25, 0.3) is 0 Å². The lowest BCUT2D eigenvalue weighted by molar-refractivity contribution is -0.128. The Morgan fingerprint density at radius 2 is 1.97 bits per heavy atom. The molecule has 2 aromatic rings. The highest BCUT2D eigenvalue weighted by Crippen LogP contribution is 2.46. The number of imide groups is 1. The van der Waals surface area contributed by atoms with Crippen LogP contribution in [0.15, 0.2) is 22.6 Å². The van der Waals surface area contributed by atoms with Crippen molar-refractivity contribution >= 4 is 17.8 Å². The number of rotatable bonds is 4. The van der Waals surface area contributed by atoms with Gasteiger partial charge in [0.15, 0.2) is 5.76 Å². The zero-order chi connectivity index (χ0) is 22.6. The second-order valence-electron chi connectivity index (χ2n) is 9.36. The fourth-order valence-corrected chi connectivity index (χ4v) is 5.46. The van der Waals surface area contributed by atoms with Crippen LogP contribution >= 0.6 is 0 Å². The van der Waals surface area contributed by atoms with Gasteiger partial charge in [-0.3, -0.25) is 19.2 Å². The molecule has 3 saturated heterocycles. The number of furan rings is 1. The zero-order valence-corrected chi connectivity index (χ0v) is 18.8. The summed E-state index contributed by atoms with van der Waals surface area (Å²) >= 11 is 0. The number of likely N-dealkylation sites (N-methyl/N-ethyl adjacent to an activating group) is 1. The van der Waals surface area contributed by atoms with Crippen molar-refractivity contribution in [1.82, 2.24) is 24.5 Å². The van der Waals surface area contributed by atoms with Crippen LogP contribution in [0, 0.1) is 19.3 Å². The number of nitrogens with zero attached hydrogens (tertiary/aromatic N) is 5. The molecule has 1 spiro atoms. The van der Waals surface area contributed by atoms with Gasteiger partial charge in [0.05, 0.1) is 12.2 Å². The van der Waals surface area contributed by atoms with Crippen LogP contribution in [-0.4, -0.2) is 74.5 Å². The first-order valence-electron chi connectivity index (χ1n) is 11.3. The Hall–Kier alpha value is -3.10. The molecule has 1 unspecified atom stereocenters. The van der Waals surface area contributed by atoms with Gasteiger partial charge in [-0.25, -0.2) is 4.79 Å². The van der Waals surface area contributed by atoms with Crippen molar-refractivity contribution in [2.45, 2.75) is 52.6 Å². The molecule has 5 rings (SSSR count). The highest BCUT2D eigenvalue weighted by Gasteiger charge is 2.56. The molecule has 170 valence electrons. The number of urea groups is 1. The fraction of sp³-hybridized carbons (Fsp3) is 0.565. The summed E-state index contributed by atoms with van der Waals surface area (Å²) in [7, 11) is 0. The lowest BCUT2D eigenvalue weighted by Crippen LogP contribution is -2.45. The van der Waals surface area contributed by atoms with Gasteiger partial charge in [-0.05, 0) is 63.6 Å². The molecular weight excluding hydrogens is 410 g/mol. The maximum absolute atomic E-state index is 13.0. The van der Waals surface area contributed by atoms with E-state index in [1.54, 1.807) is 11.0 Å². The van der Waals surface area contributed by atoms with E-state index in [1.807, 2.05) is 42.5 Å². The van der Waals surface area contributed by atoms with Crippen LogP contribution in [0.4, 0.5) is 4.79 Å². The Labute approximate surface area is 186 Å². The molecule has 9 nitrogen and oxygen atoms in total. The molecule has 0 aromatic carbocycles. The molecule has 9 heteroatoms. The molecule has 0 saturated carbocycles. The Morgan fingerprint density at radius 1 is 1.22 bits per heavy atom. The molecule has 4 amide bonds. The number of carbonyl (C=O) groups excluding carboxylic acids is 3. The summed E-state index contributed by atoms with van der Waals surface area (Å²) < 4.78 is 7.70. The van der Waals surface area contributed by atoms with Gasteiger partial charge in [-0.1, -0.05) is 0 Å². The average Bonchev–Trinajstić information content (AvgIpc) is 3.50. The fourth-order valence-electron chi connectivity index (χ4n) is 5.46. The quantitative estimate of drug-likeness (QED) is 0.683. The van der Waals surface area contributed by atoms with E-state index < -0.39 is 0 Å². The van der Waals surface area contributed by atoms with Crippen molar-refractivity contribution in [3.8, 4) is 0 Å². The van der Waals surface area contributed by atoms with Gasteiger partial charge in [0.2, 0.25) is 0 Å². The highest BCUT2D eigenvalue weighted by atomic mass is 16.4. The van der Waals surface area contributed by atoms with Gasteiger partial charge in [0.1, 0.15) is 11.8 Å². The predicted molar refractivity (Wildman–Crippen MR) is 115 cm³/mol. The molecule has 0 N–H and O–H groups in total. The number of aryl methyl sites for hydroxylation is 2. The lowest BCUT2D eigenvalue weighted by Gasteiger charge is -2.39. The number of hydrogen-bond acceptors (Lipinski definition) is 5. The topological polar surface area (TPSA) is 91.9 Å². The maximum Gasteiger partial charge on any atom is 0.327 e. The van der Waals surface area contributed by atoms with E-state index in [0.29, 0.717) is 50.7 Å². The number of aromatic nitrogens is 2. The summed E-state index contributed by atoms with van der Waals surface area (Å²) in [5.74, 6) is 0.858. The van der Waals surface area contributed by atoms with Gasteiger partial charge < -0.3 is 14.2 Å². The third-order valence-corrected chi connectivity index (χ3v) is 7.24. The zero-order valence-electron chi connectivity index (χ0n) is 18.8.